The van der Waals surface area contributed by atoms with Gasteiger partial charge in [-0.3, -0.25) is 4.21 Å². The van der Waals surface area contributed by atoms with Crippen molar-refractivity contribution in [3.63, 3.8) is 0 Å². The Balaban J connectivity index is 0. The van der Waals surface area contributed by atoms with Gasteiger partial charge in [0.25, 0.3) is 0 Å². The van der Waals surface area contributed by atoms with Gasteiger partial charge in [0.1, 0.15) is 0 Å². The predicted octanol–water partition coefficient (Wildman–Crippen LogP) is -2.08. The van der Waals surface area contributed by atoms with E-state index in [0.29, 0.717) is 11.7 Å². The molecule has 50 valence electrons. The van der Waals surface area contributed by atoms with Crippen molar-refractivity contribution in [3.8, 4) is 0 Å². The maximum atomic E-state index is 9.97. The van der Waals surface area contributed by atoms with Gasteiger partial charge in [0.15, 0.2) is 0 Å². The second-order valence-electron chi connectivity index (χ2n) is 1.98. The standard InChI is InChI=1S/C5H12O2S.Na/c1-3-5(2)4-8(6)7;/h5H,3-4H2,1-2H3,(H,6,7);/q;+1/p-1. The molecule has 0 aromatic carbocycles. The monoisotopic (exact) mass is 158 g/mol. The van der Waals surface area contributed by atoms with Crippen molar-refractivity contribution in [1.82, 2.24) is 0 Å². The Morgan fingerprint density at radius 2 is 2.11 bits per heavy atom. The molecule has 0 aliphatic heterocycles. The van der Waals surface area contributed by atoms with Crippen LogP contribution in [0.1, 0.15) is 20.3 Å². The fourth-order valence-corrected chi connectivity index (χ4v) is 1.05. The van der Waals surface area contributed by atoms with E-state index >= 15 is 0 Å². The topological polar surface area (TPSA) is 40.1 Å². The minimum absolute atomic E-state index is 0. The van der Waals surface area contributed by atoms with E-state index in [9.17, 15) is 8.76 Å². The van der Waals surface area contributed by atoms with E-state index in [-0.39, 0.29) is 29.6 Å². The van der Waals surface area contributed by atoms with Gasteiger partial charge in [0, 0.05) is 5.75 Å². The summed E-state index contributed by atoms with van der Waals surface area (Å²) in [5.74, 6) is 0.615. The Morgan fingerprint density at radius 3 is 2.22 bits per heavy atom. The summed E-state index contributed by atoms with van der Waals surface area (Å²) in [6.07, 6.45) is 0.938. The third-order valence-electron chi connectivity index (χ3n) is 1.12. The van der Waals surface area contributed by atoms with Crippen molar-refractivity contribution in [2.75, 3.05) is 5.75 Å². The molecule has 0 amide bonds. The second kappa shape index (κ2) is 7.22. The van der Waals surface area contributed by atoms with Crippen molar-refractivity contribution in [3.05, 3.63) is 0 Å². The molecule has 0 aromatic heterocycles. The molecule has 0 bridgehead atoms. The third-order valence-corrected chi connectivity index (χ3v) is 1.96. The van der Waals surface area contributed by atoms with Gasteiger partial charge in [-0.2, -0.15) is 0 Å². The summed E-state index contributed by atoms with van der Waals surface area (Å²) in [6.45, 7) is 3.91. The average Bonchev–Trinajstić information content (AvgIpc) is 1.65. The molecular weight excluding hydrogens is 147 g/mol. The average molecular weight is 158 g/mol. The molecule has 9 heavy (non-hydrogen) atoms. The van der Waals surface area contributed by atoms with Crippen LogP contribution in [0.25, 0.3) is 0 Å². The van der Waals surface area contributed by atoms with Gasteiger partial charge in [-0.1, -0.05) is 31.3 Å². The molecule has 2 atom stereocenters. The van der Waals surface area contributed by atoms with Crippen molar-refractivity contribution in [2.24, 2.45) is 5.92 Å². The Hall–Kier alpha value is 1.11. The summed E-state index contributed by atoms with van der Waals surface area (Å²) in [4.78, 5) is 0. The maximum Gasteiger partial charge on any atom is 1.00 e. The van der Waals surface area contributed by atoms with E-state index in [4.69, 9.17) is 0 Å². The van der Waals surface area contributed by atoms with E-state index in [1.54, 1.807) is 0 Å². The number of hydrogen-bond donors (Lipinski definition) is 0. The normalized spacial score (nSPS) is 15.9. The van der Waals surface area contributed by atoms with Crippen LogP contribution in [0, 0.1) is 5.92 Å². The molecular formula is C5H11NaO2S. The molecule has 4 heteroatoms. The second-order valence-corrected chi connectivity index (χ2v) is 2.92. The maximum absolute atomic E-state index is 9.97. The minimum atomic E-state index is -1.85. The van der Waals surface area contributed by atoms with Crippen molar-refractivity contribution in [1.29, 1.82) is 0 Å². The van der Waals surface area contributed by atoms with Gasteiger partial charge in [-0.15, -0.1) is 0 Å². The van der Waals surface area contributed by atoms with Crippen LogP contribution in [-0.2, 0) is 11.1 Å². The van der Waals surface area contributed by atoms with Crippen LogP contribution >= 0.6 is 0 Å². The predicted molar refractivity (Wildman–Crippen MR) is 33.2 cm³/mol. The molecule has 0 saturated carbocycles. The first kappa shape index (κ1) is 12.8. The zero-order chi connectivity index (χ0) is 6.57. The molecule has 0 aliphatic rings. The summed E-state index contributed by atoms with van der Waals surface area (Å²) >= 11 is -1.85. The summed E-state index contributed by atoms with van der Waals surface area (Å²) in [6, 6.07) is 0. The molecule has 0 heterocycles. The van der Waals surface area contributed by atoms with Crippen molar-refractivity contribution >= 4 is 11.1 Å². The largest absolute Gasteiger partial charge is 1.00 e. The van der Waals surface area contributed by atoms with E-state index in [2.05, 4.69) is 0 Å². The van der Waals surface area contributed by atoms with Crippen molar-refractivity contribution in [2.45, 2.75) is 20.3 Å². The smallest absolute Gasteiger partial charge is 0.772 e. The molecule has 0 saturated heterocycles. The van der Waals surface area contributed by atoms with Gasteiger partial charge in [-0.05, 0) is 5.92 Å². The SMILES string of the molecule is CCC(C)CS(=O)[O-].[Na+]. The van der Waals surface area contributed by atoms with E-state index < -0.39 is 11.1 Å². The molecule has 0 aliphatic carbocycles. The van der Waals surface area contributed by atoms with Crippen molar-refractivity contribution < 1.29 is 38.3 Å². The molecule has 0 spiro atoms. The van der Waals surface area contributed by atoms with E-state index in [1.165, 1.54) is 0 Å². The van der Waals surface area contributed by atoms with Crippen LogP contribution < -0.4 is 29.6 Å². The first-order valence-electron chi connectivity index (χ1n) is 2.72. The minimum Gasteiger partial charge on any atom is -0.772 e. The summed E-state index contributed by atoms with van der Waals surface area (Å²) in [5, 5.41) is 0. The Morgan fingerprint density at radius 1 is 1.67 bits per heavy atom. The van der Waals surface area contributed by atoms with Crippen LogP contribution in [-0.4, -0.2) is 14.5 Å². The molecule has 0 N–H and O–H groups in total. The fourth-order valence-electron chi connectivity index (χ4n) is 0.350. The number of hydrogen-bond acceptors (Lipinski definition) is 2. The van der Waals surface area contributed by atoms with Gasteiger partial charge >= 0.3 is 29.6 Å². The number of rotatable bonds is 3. The van der Waals surface area contributed by atoms with Crippen LogP contribution in [0.15, 0.2) is 0 Å². The van der Waals surface area contributed by atoms with Gasteiger partial charge in [0.05, 0.1) is 0 Å². The van der Waals surface area contributed by atoms with Gasteiger partial charge in [-0.25, -0.2) is 0 Å². The van der Waals surface area contributed by atoms with Crippen LogP contribution in [0.5, 0.6) is 0 Å². The molecule has 2 unspecified atom stereocenters. The third kappa shape index (κ3) is 9.11. The van der Waals surface area contributed by atoms with Crippen LogP contribution in [0.4, 0.5) is 0 Å². The van der Waals surface area contributed by atoms with Gasteiger partial charge in [0.2, 0.25) is 0 Å². The Labute approximate surface area is 81.0 Å². The first-order valence-corrected chi connectivity index (χ1v) is 3.97. The van der Waals surface area contributed by atoms with Gasteiger partial charge < -0.3 is 4.55 Å². The van der Waals surface area contributed by atoms with Crippen LogP contribution in [0.3, 0.4) is 0 Å². The van der Waals surface area contributed by atoms with Crippen LogP contribution in [0.2, 0.25) is 0 Å². The Kier molecular flexibility index (Phi) is 10.2. The molecule has 0 radical (unpaired) electrons. The first-order chi connectivity index (χ1) is 3.66. The summed E-state index contributed by atoms with van der Waals surface area (Å²) < 4.78 is 19.9. The van der Waals surface area contributed by atoms with E-state index in [1.807, 2.05) is 13.8 Å². The zero-order valence-corrected chi connectivity index (χ0v) is 9.03. The summed E-state index contributed by atoms with van der Waals surface area (Å²) in [7, 11) is 0. The molecule has 0 fully saturated rings. The quantitative estimate of drug-likeness (QED) is 0.349. The fraction of sp³-hybridized carbons (Fsp3) is 1.00. The molecule has 2 nitrogen and oxygen atoms in total. The van der Waals surface area contributed by atoms with E-state index in [0.717, 1.165) is 6.42 Å². The Bertz CT molecular complexity index is 87.0. The summed E-state index contributed by atoms with van der Waals surface area (Å²) in [5.41, 5.74) is 0. The molecule has 0 rings (SSSR count). The zero-order valence-electron chi connectivity index (χ0n) is 6.22. The molecule has 0 aromatic rings.